The maximum Gasteiger partial charge on any atom is 0.255 e. The summed E-state index contributed by atoms with van der Waals surface area (Å²) in [5.74, 6) is 0.635. The van der Waals surface area contributed by atoms with Gasteiger partial charge in [0.2, 0.25) is 0 Å². The van der Waals surface area contributed by atoms with E-state index in [4.69, 9.17) is 16.3 Å². The molecule has 1 aromatic rings. The SMILES string of the molecule is COCCC(C)n1c(C)nc(Cl)cc1=O. The predicted molar refractivity (Wildman–Crippen MR) is 59.4 cm³/mol. The van der Waals surface area contributed by atoms with Gasteiger partial charge in [0.05, 0.1) is 0 Å². The number of aryl methyl sites for hydroxylation is 1. The fraction of sp³-hybridized carbons (Fsp3) is 0.600. The zero-order valence-corrected chi connectivity index (χ0v) is 9.91. The first-order valence-electron chi connectivity index (χ1n) is 4.81. The van der Waals surface area contributed by atoms with Crippen LogP contribution >= 0.6 is 11.6 Å². The minimum Gasteiger partial charge on any atom is -0.385 e. The summed E-state index contributed by atoms with van der Waals surface area (Å²) in [7, 11) is 1.64. The Balaban J connectivity index is 2.98. The van der Waals surface area contributed by atoms with Crippen molar-refractivity contribution >= 4 is 11.6 Å². The standard InChI is InChI=1S/C10H15ClN2O2/c1-7(4-5-15-3)13-8(2)12-9(11)6-10(13)14/h6-7H,4-5H2,1-3H3. The third-order valence-corrected chi connectivity index (χ3v) is 2.47. The highest BCUT2D eigenvalue weighted by molar-refractivity contribution is 6.29. The van der Waals surface area contributed by atoms with Gasteiger partial charge in [0.25, 0.3) is 5.56 Å². The Morgan fingerprint density at radius 1 is 1.67 bits per heavy atom. The van der Waals surface area contributed by atoms with Crippen molar-refractivity contribution in [3.63, 3.8) is 0 Å². The summed E-state index contributed by atoms with van der Waals surface area (Å²) in [4.78, 5) is 15.7. The van der Waals surface area contributed by atoms with Crippen molar-refractivity contribution in [2.75, 3.05) is 13.7 Å². The van der Waals surface area contributed by atoms with Gasteiger partial charge in [-0.2, -0.15) is 0 Å². The van der Waals surface area contributed by atoms with Crippen LogP contribution in [0, 0.1) is 6.92 Å². The Labute approximate surface area is 93.8 Å². The lowest BCUT2D eigenvalue weighted by Gasteiger charge is -2.16. The van der Waals surface area contributed by atoms with Crippen LogP contribution in [0.15, 0.2) is 10.9 Å². The molecule has 0 bridgehead atoms. The molecule has 0 saturated carbocycles. The van der Waals surface area contributed by atoms with Gasteiger partial charge in [0.1, 0.15) is 11.0 Å². The van der Waals surface area contributed by atoms with E-state index in [-0.39, 0.29) is 16.8 Å². The summed E-state index contributed by atoms with van der Waals surface area (Å²) in [6.07, 6.45) is 0.778. The van der Waals surface area contributed by atoms with Crippen molar-refractivity contribution in [3.05, 3.63) is 27.4 Å². The van der Waals surface area contributed by atoms with Gasteiger partial charge in [-0.25, -0.2) is 4.98 Å². The van der Waals surface area contributed by atoms with Crippen LogP contribution in [-0.2, 0) is 4.74 Å². The topological polar surface area (TPSA) is 44.1 Å². The van der Waals surface area contributed by atoms with E-state index in [1.165, 1.54) is 6.07 Å². The minimum absolute atomic E-state index is 0.0715. The quantitative estimate of drug-likeness (QED) is 0.741. The molecule has 0 N–H and O–H groups in total. The Morgan fingerprint density at radius 3 is 2.87 bits per heavy atom. The summed E-state index contributed by atoms with van der Waals surface area (Å²) in [6.45, 7) is 4.36. The number of methoxy groups -OCH3 is 1. The van der Waals surface area contributed by atoms with Crippen LogP contribution in [0.4, 0.5) is 0 Å². The maximum absolute atomic E-state index is 11.7. The van der Waals surface area contributed by atoms with E-state index >= 15 is 0 Å². The highest BCUT2D eigenvalue weighted by Gasteiger charge is 2.10. The Morgan fingerprint density at radius 2 is 2.33 bits per heavy atom. The lowest BCUT2D eigenvalue weighted by atomic mass is 10.2. The number of nitrogens with zero attached hydrogens (tertiary/aromatic N) is 2. The van der Waals surface area contributed by atoms with Crippen molar-refractivity contribution in [2.45, 2.75) is 26.3 Å². The summed E-state index contributed by atoms with van der Waals surface area (Å²) in [5.41, 5.74) is -0.115. The summed E-state index contributed by atoms with van der Waals surface area (Å²) in [6, 6.07) is 1.40. The van der Waals surface area contributed by atoms with Crippen molar-refractivity contribution in [2.24, 2.45) is 0 Å². The first-order valence-corrected chi connectivity index (χ1v) is 5.18. The molecular weight excluding hydrogens is 216 g/mol. The smallest absolute Gasteiger partial charge is 0.255 e. The molecule has 0 aliphatic heterocycles. The van der Waals surface area contributed by atoms with E-state index in [0.29, 0.717) is 12.4 Å². The summed E-state index contributed by atoms with van der Waals surface area (Å²) >= 11 is 5.68. The van der Waals surface area contributed by atoms with Crippen LogP contribution in [0.3, 0.4) is 0 Å². The number of rotatable bonds is 4. The lowest BCUT2D eigenvalue weighted by Crippen LogP contribution is -2.26. The van der Waals surface area contributed by atoms with Gasteiger partial charge in [-0.15, -0.1) is 0 Å². The van der Waals surface area contributed by atoms with Gasteiger partial charge in [-0.3, -0.25) is 9.36 Å². The molecule has 1 heterocycles. The summed E-state index contributed by atoms with van der Waals surface area (Å²) in [5, 5.41) is 0.243. The minimum atomic E-state index is -0.115. The molecule has 0 fully saturated rings. The molecule has 0 amide bonds. The van der Waals surface area contributed by atoms with Gasteiger partial charge in [-0.1, -0.05) is 11.6 Å². The highest BCUT2D eigenvalue weighted by Crippen LogP contribution is 2.11. The monoisotopic (exact) mass is 230 g/mol. The Hall–Kier alpha value is -0.870. The van der Waals surface area contributed by atoms with Crippen LogP contribution in [0.5, 0.6) is 0 Å². The average Bonchev–Trinajstić information content (AvgIpc) is 2.12. The second-order valence-corrected chi connectivity index (χ2v) is 3.85. The molecular formula is C10H15ClN2O2. The van der Waals surface area contributed by atoms with Gasteiger partial charge in [-0.05, 0) is 20.3 Å². The second kappa shape index (κ2) is 5.28. The lowest BCUT2D eigenvalue weighted by molar-refractivity contribution is 0.179. The van der Waals surface area contributed by atoms with Crippen LogP contribution in [0.2, 0.25) is 5.15 Å². The van der Waals surface area contributed by atoms with Crippen LogP contribution < -0.4 is 5.56 Å². The fourth-order valence-electron chi connectivity index (χ4n) is 1.53. The van der Waals surface area contributed by atoms with E-state index in [1.807, 2.05) is 6.92 Å². The molecule has 1 atom stereocenters. The van der Waals surface area contributed by atoms with Crippen molar-refractivity contribution in [3.8, 4) is 0 Å². The molecule has 15 heavy (non-hydrogen) atoms. The zero-order chi connectivity index (χ0) is 11.4. The van der Waals surface area contributed by atoms with E-state index in [9.17, 15) is 4.79 Å². The molecule has 1 rings (SSSR count). The molecule has 0 aliphatic carbocycles. The first-order chi connectivity index (χ1) is 7.06. The van der Waals surface area contributed by atoms with Gasteiger partial charge in [0, 0.05) is 25.8 Å². The molecule has 84 valence electrons. The zero-order valence-electron chi connectivity index (χ0n) is 9.16. The molecule has 0 saturated heterocycles. The summed E-state index contributed by atoms with van der Waals surface area (Å²) < 4.78 is 6.61. The molecule has 0 spiro atoms. The number of hydrogen-bond donors (Lipinski definition) is 0. The van der Waals surface area contributed by atoms with Crippen LogP contribution in [-0.4, -0.2) is 23.3 Å². The second-order valence-electron chi connectivity index (χ2n) is 3.46. The Bertz CT molecular complexity index is 389. The van der Waals surface area contributed by atoms with Crippen LogP contribution in [0.25, 0.3) is 0 Å². The molecule has 0 aromatic carbocycles. The molecule has 5 heteroatoms. The number of halogens is 1. The normalized spacial score (nSPS) is 12.8. The van der Waals surface area contributed by atoms with Crippen LogP contribution in [0.1, 0.15) is 25.2 Å². The average molecular weight is 231 g/mol. The highest BCUT2D eigenvalue weighted by atomic mass is 35.5. The molecule has 4 nitrogen and oxygen atoms in total. The fourth-order valence-corrected chi connectivity index (χ4v) is 1.74. The first kappa shape index (κ1) is 12.2. The number of aromatic nitrogens is 2. The van der Waals surface area contributed by atoms with Gasteiger partial charge >= 0.3 is 0 Å². The van der Waals surface area contributed by atoms with Gasteiger partial charge in [0.15, 0.2) is 0 Å². The van der Waals surface area contributed by atoms with Crippen molar-refractivity contribution in [1.82, 2.24) is 9.55 Å². The molecule has 0 radical (unpaired) electrons. The third-order valence-electron chi connectivity index (χ3n) is 2.28. The Kier molecular flexibility index (Phi) is 4.29. The maximum atomic E-state index is 11.7. The largest absolute Gasteiger partial charge is 0.385 e. The predicted octanol–water partition coefficient (Wildman–Crippen LogP) is 1.80. The van der Waals surface area contributed by atoms with E-state index in [1.54, 1.807) is 18.6 Å². The molecule has 0 aliphatic rings. The van der Waals surface area contributed by atoms with E-state index in [2.05, 4.69) is 4.98 Å². The molecule has 1 unspecified atom stereocenters. The number of ether oxygens (including phenoxy) is 1. The van der Waals surface area contributed by atoms with E-state index < -0.39 is 0 Å². The third kappa shape index (κ3) is 3.04. The van der Waals surface area contributed by atoms with Crippen molar-refractivity contribution < 1.29 is 4.74 Å². The molecule has 1 aromatic heterocycles. The number of hydrogen-bond acceptors (Lipinski definition) is 3. The van der Waals surface area contributed by atoms with Gasteiger partial charge < -0.3 is 4.74 Å². The van der Waals surface area contributed by atoms with Crippen molar-refractivity contribution in [1.29, 1.82) is 0 Å². The van der Waals surface area contributed by atoms with E-state index in [0.717, 1.165) is 6.42 Å².